The van der Waals surface area contributed by atoms with Crippen LogP contribution in [0.25, 0.3) is 0 Å². The highest BCUT2D eigenvalue weighted by Gasteiger charge is 2.40. The number of hydrogen-bond donors (Lipinski definition) is 2. The third kappa shape index (κ3) is 3.77. The number of carboxylic acid groups (broad SMARTS) is 1. The number of hydrogen-bond acceptors (Lipinski definition) is 3. The van der Waals surface area contributed by atoms with Crippen molar-refractivity contribution in [1.29, 1.82) is 0 Å². The lowest BCUT2D eigenvalue weighted by Crippen LogP contribution is -2.66. The maximum Gasteiger partial charge on any atom is 0.407 e. The normalized spacial score (nSPS) is 22.9. The van der Waals surface area contributed by atoms with Crippen LogP contribution in [0, 0.1) is 13.8 Å². The molecule has 0 bridgehead atoms. The number of nitrogens with one attached hydrogen (secondary N) is 1. The van der Waals surface area contributed by atoms with Gasteiger partial charge < -0.3 is 15.3 Å². The first-order valence-electron chi connectivity index (χ1n) is 10.1. The molecule has 0 aliphatic carbocycles. The van der Waals surface area contributed by atoms with E-state index in [9.17, 15) is 9.90 Å². The zero-order chi connectivity index (χ0) is 19.7. The van der Waals surface area contributed by atoms with Gasteiger partial charge in [0.15, 0.2) is 0 Å². The van der Waals surface area contributed by atoms with Crippen LogP contribution in [0.15, 0.2) is 48.5 Å². The number of aryl methyl sites for hydroxylation is 2. The van der Waals surface area contributed by atoms with Crippen LogP contribution in [0.2, 0.25) is 0 Å². The average Bonchev–Trinajstić information content (AvgIpc) is 2.70. The maximum atomic E-state index is 11.4. The fourth-order valence-corrected chi connectivity index (χ4v) is 4.67. The van der Waals surface area contributed by atoms with Gasteiger partial charge in [0.1, 0.15) is 0 Å². The van der Waals surface area contributed by atoms with Crippen LogP contribution < -0.4 is 5.32 Å². The van der Waals surface area contributed by atoms with Crippen molar-refractivity contribution in [3.8, 4) is 0 Å². The molecule has 148 valence electrons. The molecule has 0 aromatic heterocycles. The Bertz CT molecular complexity index is 773. The minimum atomic E-state index is -0.810. The second-order valence-corrected chi connectivity index (χ2v) is 8.14. The summed E-state index contributed by atoms with van der Waals surface area (Å²) < 4.78 is 0. The average molecular weight is 380 g/mol. The molecule has 2 heterocycles. The minimum Gasteiger partial charge on any atom is -0.465 e. The fraction of sp³-hybridized carbons (Fsp3) is 0.435. The van der Waals surface area contributed by atoms with Gasteiger partial charge in [0, 0.05) is 50.7 Å². The van der Waals surface area contributed by atoms with Crippen LogP contribution in [0.1, 0.15) is 28.2 Å². The van der Waals surface area contributed by atoms with Crippen molar-refractivity contribution in [2.75, 3.05) is 32.7 Å². The standard InChI is InChI=1S/C23H29N3O2/c1-16-3-7-18(8-4-16)22(19-9-5-17(2)6-10-19)21-14-24-13-20-15-25(23(27)28)11-12-26(20)21/h3-10,20-22,24H,11-15H2,1-2H3,(H,27,28). The van der Waals surface area contributed by atoms with E-state index in [-0.39, 0.29) is 12.0 Å². The monoisotopic (exact) mass is 379 g/mol. The third-order valence-corrected chi connectivity index (χ3v) is 6.22. The molecule has 2 fully saturated rings. The molecule has 1 amide bonds. The number of nitrogens with zero attached hydrogens (tertiary/aromatic N) is 2. The van der Waals surface area contributed by atoms with E-state index in [1.54, 1.807) is 4.90 Å². The van der Waals surface area contributed by atoms with Crippen molar-refractivity contribution in [2.24, 2.45) is 0 Å². The summed E-state index contributed by atoms with van der Waals surface area (Å²) >= 11 is 0. The number of rotatable bonds is 3. The molecule has 0 radical (unpaired) electrons. The van der Waals surface area contributed by atoms with Crippen LogP contribution >= 0.6 is 0 Å². The topological polar surface area (TPSA) is 55.8 Å². The summed E-state index contributed by atoms with van der Waals surface area (Å²) in [6.45, 7) is 7.94. The van der Waals surface area contributed by atoms with Gasteiger partial charge in [0.25, 0.3) is 0 Å². The summed E-state index contributed by atoms with van der Waals surface area (Å²) in [7, 11) is 0. The van der Waals surface area contributed by atoms with Crippen LogP contribution in [0.3, 0.4) is 0 Å². The second kappa shape index (κ2) is 7.94. The second-order valence-electron chi connectivity index (χ2n) is 8.14. The third-order valence-electron chi connectivity index (χ3n) is 6.22. The minimum absolute atomic E-state index is 0.224. The van der Waals surface area contributed by atoms with E-state index in [1.165, 1.54) is 22.3 Å². The molecule has 2 atom stereocenters. The molecular formula is C23H29N3O2. The van der Waals surface area contributed by atoms with Gasteiger partial charge in [-0.1, -0.05) is 59.7 Å². The summed E-state index contributed by atoms with van der Waals surface area (Å²) in [5.74, 6) is 0.257. The number of fused-ring (bicyclic) bond motifs is 1. The van der Waals surface area contributed by atoms with Crippen LogP contribution in [0.5, 0.6) is 0 Å². The summed E-state index contributed by atoms with van der Waals surface area (Å²) in [6, 6.07) is 18.3. The predicted octanol–water partition coefficient (Wildman–Crippen LogP) is 3.07. The first kappa shape index (κ1) is 19.0. The Labute approximate surface area is 167 Å². The number of carbonyl (C=O) groups is 1. The quantitative estimate of drug-likeness (QED) is 0.861. The van der Waals surface area contributed by atoms with Gasteiger partial charge in [-0.15, -0.1) is 0 Å². The van der Waals surface area contributed by atoms with E-state index in [2.05, 4.69) is 72.6 Å². The van der Waals surface area contributed by atoms with Crippen LogP contribution in [0.4, 0.5) is 4.79 Å². The Morgan fingerprint density at radius 1 is 0.964 bits per heavy atom. The first-order chi connectivity index (χ1) is 13.5. The van der Waals surface area contributed by atoms with Gasteiger partial charge in [-0.2, -0.15) is 0 Å². The molecule has 4 rings (SSSR count). The van der Waals surface area contributed by atoms with Crippen molar-refractivity contribution in [2.45, 2.75) is 31.8 Å². The summed E-state index contributed by atoms with van der Waals surface area (Å²) in [5.41, 5.74) is 5.17. The van der Waals surface area contributed by atoms with E-state index in [0.717, 1.165) is 19.6 Å². The van der Waals surface area contributed by atoms with Gasteiger partial charge >= 0.3 is 6.09 Å². The van der Waals surface area contributed by atoms with Gasteiger partial charge in [0.2, 0.25) is 0 Å². The Morgan fingerprint density at radius 3 is 2.07 bits per heavy atom. The molecule has 2 aromatic rings. The highest BCUT2D eigenvalue weighted by atomic mass is 16.4. The molecule has 28 heavy (non-hydrogen) atoms. The molecule has 0 saturated carbocycles. The fourth-order valence-electron chi connectivity index (χ4n) is 4.67. The highest BCUT2D eigenvalue weighted by Crippen LogP contribution is 2.34. The maximum absolute atomic E-state index is 11.4. The molecule has 2 aliphatic rings. The molecule has 2 N–H and O–H groups in total. The summed E-state index contributed by atoms with van der Waals surface area (Å²) in [5, 5.41) is 13.0. The predicted molar refractivity (Wildman–Crippen MR) is 111 cm³/mol. The summed E-state index contributed by atoms with van der Waals surface area (Å²) in [6.07, 6.45) is -0.810. The largest absolute Gasteiger partial charge is 0.465 e. The van der Waals surface area contributed by atoms with Gasteiger partial charge in [-0.3, -0.25) is 4.90 Å². The van der Waals surface area contributed by atoms with Gasteiger partial charge in [-0.25, -0.2) is 4.79 Å². The molecule has 2 unspecified atom stereocenters. The highest BCUT2D eigenvalue weighted by molar-refractivity contribution is 5.65. The Morgan fingerprint density at radius 2 is 1.54 bits per heavy atom. The van der Waals surface area contributed by atoms with E-state index in [0.29, 0.717) is 19.1 Å². The molecule has 5 nitrogen and oxygen atoms in total. The molecular weight excluding hydrogens is 350 g/mol. The molecule has 2 aromatic carbocycles. The zero-order valence-electron chi connectivity index (χ0n) is 16.6. The lowest BCUT2D eigenvalue weighted by atomic mass is 9.81. The van der Waals surface area contributed by atoms with Crippen molar-refractivity contribution >= 4 is 6.09 Å². The number of amides is 1. The van der Waals surface area contributed by atoms with Gasteiger partial charge in [-0.05, 0) is 25.0 Å². The van der Waals surface area contributed by atoms with E-state index in [1.807, 2.05) is 0 Å². The molecule has 2 aliphatic heterocycles. The van der Waals surface area contributed by atoms with Crippen LogP contribution in [-0.2, 0) is 0 Å². The van der Waals surface area contributed by atoms with E-state index < -0.39 is 6.09 Å². The molecule has 2 saturated heterocycles. The lowest BCUT2D eigenvalue weighted by molar-refractivity contribution is 0.0179. The smallest absolute Gasteiger partial charge is 0.407 e. The molecule has 0 spiro atoms. The van der Waals surface area contributed by atoms with E-state index >= 15 is 0 Å². The Balaban J connectivity index is 1.68. The Kier molecular flexibility index (Phi) is 5.38. The summed E-state index contributed by atoms with van der Waals surface area (Å²) in [4.78, 5) is 15.5. The SMILES string of the molecule is Cc1ccc(C(c2ccc(C)cc2)C2CNCC3CN(C(=O)O)CCN32)cc1. The van der Waals surface area contributed by atoms with Crippen molar-refractivity contribution < 1.29 is 9.90 Å². The van der Waals surface area contributed by atoms with Crippen molar-refractivity contribution in [3.05, 3.63) is 70.8 Å². The van der Waals surface area contributed by atoms with Crippen LogP contribution in [-0.4, -0.2) is 65.8 Å². The Hall–Kier alpha value is -2.37. The first-order valence-corrected chi connectivity index (χ1v) is 10.1. The number of benzene rings is 2. The van der Waals surface area contributed by atoms with Crippen molar-refractivity contribution in [3.63, 3.8) is 0 Å². The van der Waals surface area contributed by atoms with Crippen molar-refractivity contribution in [1.82, 2.24) is 15.1 Å². The zero-order valence-corrected chi connectivity index (χ0v) is 16.6. The van der Waals surface area contributed by atoms with Gasteiger partial charge in [0.05, 0.1) is 0 Å². The van der Waals surface area contributed by atoms with E-state index in [4.69, 9.17) is 0 Å². The lowest BCUT2D eigenvalue weighted by Gasteiger charge is -2.50. The number of piperazine rings is 2. The molecule has 5 heteroatoms.